The third-order valence-electron chi connectivity index (χ3n) is 2.41. The first-order valence-corrected chi connectivity index (χ1v) is 6.31. The van der Waals surface area contributed by atoms with Gasteiger partial charge in [-0.2, -0.15) is 5.10 Å². The number of nitro groups is 1. The standard InChI is InChI=1S/C13H16N4O5/c1-8(2)15-12(18)13(19)16-14-7-9-4-5-11(22-3)10(6-9)17(20)21/h4-8H,1-3H3,(H,15,18)(H,16,19). The SMILES string of the molecule is COc1ccc(C=NNC(=O)C(=O)NC(C)C)cc1[N+](=O)[O-]. The molecule has 0 unspecified atom stereocenters. The number of carbonyl (C=O) groups excluding carboxylic acids is 2. The van der Waals surface area contributed by atoms with Gasteiger partial charge in [-0.25, -0.2) is 5.43 Å². The number of ether oxygens (including phenoxy) is 1. The number of nitro benzene ring substituents is 1. The van der Waals surface area contributed by atoms with E-state index in [1.54, 1.807) is 13.8 Å². The Morgan fingerprint density at radius 3 is 2.59 bits per heavy atom. The van der Waals surface area contributed by atoms with Gasteiger partial charge in [0.2, 0.25) is 0 Å². The molecule has 0 atom stereocenters. The largest absolute Gasteiger partial charge is 0.490 e. The first kappa shape index (κ1) is 17.1. The smallest absolute Gasteiger partial charge is 0.329 e. The second kappa shape index (κ2) is 7.72. The average molecular weight is 308 g/mol. The van der Waals surface area contributed by atoms with Gasteiger partial charge in [0.25, 0.3) is 0 Å². The maximum absolute atomic E-state index is 11.4. The molecule has 2 N–H and O–H groups in total. The fraction of sp³-hybridized carbons (Fsp3) is 0.308. The summed E-state index contributed by atoms with van der Waals surface area (Å²) in [6, 6.07) is 4.00. The van der Waals surface area contributed by atoms with Crippen molar-refractivity contribution in [1.82, 2.24) is 10.7 Å². The molecule has 0 aromatic heterocycles. The highest BCUT2D eigenvalue weighted by Crippen LogP contribution is 2.26. The molecule has 0 aliphatic carbocycles. The van der Waals surface area contributed by atoms with E-state index < -0.39 is 16.7 Å². The lowest BCUT2D eigenvalue weighted by atomic mass is 10.2. The quantitative estimate of drug-likeness (QED) is 0.356. The monoisotopic (exact) mass is 308 g/mol. The molecule has 1 aromatic carbocycles. The Morgan fingerprint density at radius 1 is 1.36 bits per heavy atom. The molecule has 9 nitrogen and oxygen atoms in total. The number of amides is 2. The summed E-state index contributed by atoms with van der Waals surface area (Å²) in [5.41, 5.74) is 2.18. The van der Waals surface area contributed by atoms with Crippen molar-refractivity contribution in [3.63, 3.8) is 0 Å². The molecule has 22 heavy (non-hydrogen) atoms. The molecule has 0 saturated heterocycles. The van der Waals surface area contributed by atoms with Crippen LogP contribution in [0, 0.1) is 10.1 Å². The molecule has 9 heteroatoms. The number of hydrogen-bond acceptors (Lipinski definition) is 6. The fourth-order valence-electron chi connectivity index (χ4n) is 1.47. The number of hydrazone groups is 1. The Labute approximate surface area is 126 Å². The van der Waals surface area contributed by atoms with Crippen molar-refractivity contribution >= 4 is 23.7 Å². The summed E-state index contributed by atoms with van der Waals surface area (Å²) >= 11 is 0. The number of methoxy groups -OCH3 is 1. The van der Waals surface area contributed by atoms with Crippen molar-refractivity contribution in [2.24, 2.45) is 5.10 Å². The van der Waals surface area contributed by atoms with Gasteiger partial charge in [0.05, 0.1) is 18.2 Å². The fourth-order valence-corrected chi connectivity index (χ4v) is 1.47. The minimum Gasteiger partial charge on any atom is -0.490 e. The molecule has 0 heterocycles. The molecule has 0 aliphatic heterocycles. The highest BCUT2D eigenvalue weighted by atomic mass is 16.6. The summed E-state index contributed by atoms with van der Waals surface area (Å²) in [6.07, 6.45) is 1.19. The summed E-state index contributed by atoms with van der Waals surface area (Å²) in [7, 11) is 1.32. The van der Waals surface area contributed by atoms with E-state index in [2.05, 4.69) is 10.4 Å². The van der Waals surface area contributed by atoms with Gasteiger partial charge in [-0.15, -0.1) is 0 Å². The third-order valence-corrected chi connectivity index (χ3v) is 2.41. The van der Waals surface area contributed by atoms with Gasteiger partial charge < -0.3 is 10.1 Å². The molecule has 118 valence electrons. The van der Waals surface area contributed by atoms with Crippen LogP contribution in [0.3, 0.4) is 0 Å². The van der Waals surface area contributed by atoms with Gasteiger partial charge in [-0.1, -0.05) is 0 Å². The van der Waals surface area contributed by atoms with Gasteiger partial charge in [0.1, 0.15) is 0 Å². The van der Waals surface area contributed by atoms with Crippen LogP contribution in [0.1, 0.15) is 19.4 Å². The van der Waals surface area contributed by atoms with Crippen LogP contribution in [-0.2, 0) is 9.59 Å². The number of nitrogens with one attached hydrogen (secondary N) is 2. The first-order chi connectivity index (χ1) is 10.3. The molecular weight excluding hydrogens is 292 g/mol. The van der Waals surface area contributed by atoms with Crippen LogP contribution in [-0.4, -0.2) is 36.1 Å². The van der Waals surface area contributed by atoms with Crippen LogP contribution in [0.4, 0.5) is 5.69 Å². The Bertz CT molecular complexity index is 612. The second-order valence-corrected chi connectivity index (χ2v) is 4.52. The van der Waals surface area contributed by atoms with E-state index in [4.69, 9.17) is 4.74 Å². The van der Waals surface area contributed by atoms with Crippen molar-refractivity contribution in [2.45, 2.75) is 19.9 Å². The van der Waals surface area contributed by atoms with E-state index in [9.17, 15) is 19.7 Å². The Balaban J connectivity index is 2.75. The van der Waals surface area contributed by atoms with Crippen molar-refractivity contribution in [1.29, 1.82) is 0 Å². The minimum absolute atomic E-state index is 0.113. The topological polar surface area (TPSA) is 123 Å². The van der Waals surface area contributed by atoms with Crippen LogP contribution in [0.25, 0.3) is 0 Å². The number of rotatable bonds is 5. The van der Waals surface area contributed by atoms with Crippen molar-refractivity contribution in [3.05, 3.63) is 33.9 Å². The normalized spacial score (nSPS) is 10.5. The summed E-state index contributed by atoms with van der Waals surface area (Å²) < 4.78 is 4.86. The van der Waals surface area contributed by atoms with Gasteiger partial charge in [0, 0.05) is 17.7 Å². The zero-order valence-corrected chi connectivity index (χ0v) is 12.3. The maximum atomic E-state index is 11.4. The maximum Gasteiger partial charge on any atom is 0.329 e. The van der Waals surface area contributed by atoms with E-state index in [-0.39, 0.29) is 17.5 Å². The number of benzene rings is 1. The second-order valence-electron chi connectivity index (χ2n) is 4.52. The van der Waals surface area contributed by atoms with Crippen LogP contribution < -0.4 is 15.5 Å². The number of hydrogen-bond donors (Lipinski definition) is 2. The average Bonchev–Trinajstić information content (AvgIpc) is 2.46. The lowest BCUT2D eigenvalue weighted by Gasteiger charge is -2.06. The molecule has 0 fully saturated rings. The molecule has 2 amide bonds. The highest BCUT2D eigenvalue weighted by molar-refractivity contribution is 6.35. The lowest BCUT2D eigenvalue weighted by molar-refractivity contribution is -0.385. The zero-order valence-electron chi connectivity index (χ0n) is 12.3. The predicted molar refractivity (Wildman–Crippen MR) is 78.7 cm³/mol. The van der Waals surface area contributed by atoms with Crippen molar-refractivity contribution in [2.75, 3.05) is 7.11 Å². The van der Waals surface area contributed by atoms with E-state index in [0.29, 0.717) is 5.56 Å². The van der Waals surface area contributed by atoms with E-state index >= 15 is 0 Å². The summed E-state index contributed by atoms with van der Waals surface area (Å²) in [4.78, 5) is 33.0. The van der Waals surface area contributed by atoms with Gasteiger partial charge in [-0.05, 0) is 26.0 Å². The predicted octanol–water partition coefficient (Wildman–Crippen LogP) is 0.578. The lowest BCUT2D eigenvalue weighted by Crippen LogP contribution is -2.41. The van der Waals surface area contributed by atoms with Gasteiger partial charge >= 0.3 is 17.5 Å². The van der Waals surface area contributed by atoms with Crippen molar-refractivity contribution in [3.8, 4) is 5.75 Å². The number of carbonyl (C=O) groups is 2. The molecule has 0 spiro atoms. The summed E-state index contributed by atoms with van der Waals surface area (Å²) in [5.74, 6) is -1.62. The molecular formula is C13H16N4O5. The Morgan fingerprint density at radius 2 is 2.05 bits per heavy atom. The summed E-state index contributed by atoms with van der Waals surface area (Å²) in [5, 5.41) is 16.8. The summed E-state index contributed by atoms with van der Waals surface area (Å²) in [6.45, 7) is 3.43. The zero-order chi connectivity index (χ0) is 16.7. The van der Waals surface area contributed by atoms with E-state index in [0.717, 1.165) is 0 Å². The van der Waals surface area contributed by atoms with Gasteiger partial charge in [-0.3, -0.25) is 19.7 Å². The van der Waals surface area contributed by atoms with E-state index in [1.165, 1.54) is 31.5 Å². The molecule has 1 rings (SSSR count). The van der Waals surface area contributed by atoms with E-state index in [1.807, 2.05) is 5.43 Å². The van der Waals surface area contributed by atoms with Crippen LogP contribution >= 0.6 is 0 Å². The molecule has 0 saturated carbocycles. The third kappa shape index (κ3) is 4.85. The molecule has 1 aromatic rings. The molecule has 0 aliphatic rings. The van der Waals surface area contributed by atoms with Crippen molar-refractivity contribution < 1.29 is 19.2 Å². The Kier molecular flexibility index (Phi) is 5.99. The number of nitrogens with zero attached hydrogens (tertiary/aromatic N) is 2. The van der Waals surface area contributed by atoms with Gasteiger partial charge in [0.15, 0.2) is 5.75 Å². The highest BCUT2D eigenvalue weighted by Gasteiger charge is 2.15. The van der Waals surface area contributed by atoms with Crippen LogP contribution in [0.2, 0.25) is 0 Å². The van der Waals surface area contributed by atoms with Crippen LogP contribution in [0.15, 0.2) is 23.3 Å². The Hall–Kier alpha value is -2.97. The minimum atomic E-state index is -0.923. The first-order valence-electron chi connectivity index (χ1n) is 6.31. The molecule has 0 radical (unpaired) electrons. The van der Waals surface area contributed by atoms with Crippen LogP contribution in [0.5, 0.6) is 5.75 Å². The molecule has 0 bridgehead atoms.